The molecule has 0 saturated carbocycles. The van der Waals surface area contributed by atoms with Gasteiger partial charge in [0.05, 0.1) is 30.8 Å². The molecule has 3 rings (SSSR count). The molecule has 45 heavy (non-hydrogen) atoms. The molecule has 0 radical (unpaired) electrons. The summed E-state index contributed by atoms with van der Waals surface area (Å²) >= 11 is 0. The van der Waals surface area contributed by atoms with Crippen LogP contribution in [0.5, 0.6) is 0 Å². The maximum atomic E-state index is 12.9. The number of nitrogens with one attached hydrogen (secondary N) is 1. The molecule has 0 fully saturated rings. The van der Waals surface area contributed by atoms with Gasteiger partial charge in [0.15, 0.2) is 11.9 Å². The number of hydrogen-bond acceptors (Lipinski definition) is 10. The quantitative estimate of drug-likeness (QED) is 0.0778. The lowest BCUT2D eigenvalue weighted by molar-refractivity contribution is -0.118. The third-order valence-electron chi connectivity index (χ3n) is 6.58. The van der Waals surface area contributed by atoms with Crippen LogP contribution in [0.4, 0.5) is 5.95 Å². The summed E-state index contributed by atoms with van der Waals surface area (Å²) in [6, 6.07) is 9.00. The molecule has 1 unspecified atom stereocenters. The van der Waals surface area contributed by atoms with Crippen LogP contribution in [0.1, 0.15) is 71.5 Å². The Balaban J connectivity index is 1.88. The number of ether oxygens (including phenoxy) is 2. The Morgan fingerprint density at radius 2 is 1.76 bits per heavy atom. The zero-order valence-corrected chi connectivity index (χ0v) is 27.9. The van der Waals surface area contributed by atoms with Gasteiger partial charge in [-0.15, -0.1) is 0 Å². The average Bonchev–Trinajstić information content (AvgIpc) is 3.43. The number of imidazole rings is 1. The van der Waals surface area contributed by atoms with Crippen LogP contribution in [0.15, 0.2) is 42.9 Å². The van der Waals surface area contributed by atoms with Gasteiger partial charge in [0.25, 0.3) is 8.53 Å². The Morgan fingerprint density at radius 3 is 2.38 bits per heavy atom. The first kappa shape index (κ1) is 35.9. The van der Waals surface area contributed by atoms with E-state index in [4.69, 9.17) is 25.1 Å². The molecule has 0 bridgehead atoms. The Labute approximate surface area is 266 Å². The fraction of sp³-hybridized carbons (Fsp3) is 0.548. The van der Waals surface area contributed by atoms with Gasteiger partial charge < -0.3 is 23.4 Å². The highest BCUT2D eigenvalue weighted by atomic mass is 31.2. The second-order valence-electron chi connectivity index (χ2n) is 11.1. The van der Waals surface area contributed by atoms with E-state index in [2.05, 4.69) is 57.5 Å². The molecular formula is C31H44N7O6P. The molecule has 2 aromatic heterocycles. The molecule has 244 valence electrons. The summed E-state index contributed by atoms with van der Waals surface area (Å²) in [5.74, 6) is -0.854. The summed E-state index contributed by atoms with van der Waals surface area (Å²) in [5.41, 5.74) is 1.29. The van der Waals surface area contributed by atoms with Crippen LogP contribution in [0, 0.1) is 12.5 Å². The van der Waals surface area contributed by atoms with Gasteiger partial charge in [-0.1, -0.05) is 39.0 Å². The van der Waals surface area contributed by atoms with Crippen molar-refractivity contribution in [3.8, 4) is 0 Å². The van der Waals surface area contributed by atoms with Crippen molar-refractivity contribution < 1.29 is 28.1 Å². The molecule has 0 aliphatic heterocycles. The summed E-state index contributed by atoms with van der Waals surface area (Å²) in [6.07, 6.45) is 2.37. The van der Waals surface area contributed by atoms with Crippen molar-refractivity contribution in [3.63, 3.8) is 0 Å². The fourth-order valence-electron chi connectivity index (χ4n) is 4.27. The minimum absolute atomic E-state index is 0.128. The molecule has 0 spiro atoms. The van der Waals surface area contributed by atoms with Crippen LogP contribution in [-0.4, -0.2) is 80.6 Å². The normalized spacial score (nSPS) is 13.7. The standard InChI is InChI=1S/C31H44N7O6P/c1-9-25(18-43-45(42-16-15-32-8)38(22(4)5)23(6)7)44-27(19-41-30(40)24-13-11-10-12-14-24)37-20-34-26-17-33-31(35-28(26)37)36-29(39)21(2)3/h10-14,17,20-23,25,27H,9,15-16,18-19H2,1-7H3,(H,33,35,36,39)/t25-,27-,45?/m1/s1. The van der Waals surface area contributed by atoms with Gasteiger partial charge in [-0.05, 0) is 46.2 Å². The molecule has 14 heteroatoms. The van der Waals surface area contributed by atoms with Crippen molar-refractivity contribution in [1.82, 2.24) is 24.2 Å². The van der Waals surface area contributed by atoms with Crippen molar-refractivity contribution >= 4 is 37.5 Å². The number of nitrogens with zero attached hydrogens (tertiary/aromatic N) is 6. The predicted octanol–water partition coefficient (Wildman–Crippen LogP) is 5.87. The number of rotatable bonds is 18. The fourth-order valence-corrected chi connectivity index (χ4v) is 5.90. The Bertz CT molecular complexity index is 1400. The van der Waals surface area contributed by atoms with Gasteiger partial charge >= 0.3 is 5.97 Å². The monoisotopic (exact) mass is 641 g/mol. The minimum Gasteiger partial charge on any atom is -0.457 e. The highest BCUT2D eigenvalue weighted by Gasteiger charge is 2.30. The van der Waals surface area contributed by atoms with Crippen LogP contribution in [0.2, 0.25) is 0 Å². The Hall–Kier alpha value is -3.53. The van der Waals surface area contributed by atoms with Gasteiger partial charge in [-0.3, -0.25) is 14.7 Å². The van der Waals surface area contributed by atoms with Crippen LogP contribution < -0.4 is 5.32 Å². The number of benzene rings is 1. The SMILES string of the molecule is [C-]#[N+]CCOP(OC[C@@H](CC)O[C@H](COC(=O)c1ccccc1)n1cnc2cnc(NC(=O)C(C)C)nc21)N(C(C)C)C(C)C. The molecule has 3 atom stereocenters. The third kappa shape index (κ3) is 10.5. The lowest BCUT2D eigenvalue weighted by atomic mass is 10.2. The third-order valence-corrected chi connectivity index (χ3v) is 8.65. The van der Waals surface area contributed by atoms with E-state index in [1.165, 1.54) is 6.20 Å². The minimum atomic E-state index is -1.47. The summed E-state index contributed by atoms with van der Waals surface area (Å²) in [7, 11) is -1.47. The number of aromatic nitrogens is 4. The molecule has 0 aliphatic rings. The van der Waals surface area contributed by atoms with Gasteiger partial charge in [-0.25, -0.2) is 26.0 Å². The number of esters is 1. The number of hydrogen-bond donors (Lipinski definition) is 1. The lowest BCUT2D eigenvalue weighted by Crippen LogP contribution is -2.35. The van der Waals surface area contributed by atoms with Gasteiger partial charge in [0, 0.05) is 18.0 Å². The van der Waals surface area contributed by atoms with E-state index < -0.39 is 26.8 Å². The molecular weight excluding hydrogens is 597 g/mol. The summed E-state index contributed by atoms with van der Waals surface area (Å²) in [5, 5.41) is 2.71. The van der Waals surface area contributed by atoms with Crippen LogP contribution in [0.25, 0.3) is 16.0 Å². The van der Waals surface area contributed by atoms with E-state index in [-0.39, 0.29) is 56.2 Å². The second kappa shape index (κ2) is 17.8. The van der Waals surface area contributed by atoms with E-state index in [9.17, 15) is 9.59 Å². The molecule has 1 N–H and O–H groups in total. The Kier molecular flexibility index (Phi) is 14.2. The highest BCUT2D eigenvalue weighted by Crippen LogP contribution is 2.46. The average molecular weight is 642 g/mol. The molecule has 1 amide bonds. The first-order valence-corrected chi connectivity index (χ1v) is 16.2. The Morgan fingerprint density at radius 1 is 1.04 bits per heavy atom. The summed E-state index contributed by atoms with van der Waals surface area (Å²) in [6.45, 7) is 21.5. The molecule has 2 heterocycles. The molecule has 0 aliphatic carbocycles. The summed E-state index contributed by atoms with van der Waals surface area (Å²) in [4.78, 5) is 41.8. The first-order valence-electron chi connectivity index (χ1n) is 15.1. The number of carbonyl (C=O) groups is 2. The van der Waals surface area contributed by atoms with Crippen LogP contribution >= 0.6 is 8.53 Å². The largest absolute Gasteiger partial charge is 0.457 e. The molecule has 13 nitrogen and oxygen atoms in total. The van der Waals surface area contributed by atoms with E-state index in [0.717, 1.165) is 0 Å². The lowest BCUT2D eigenvalue weighted by Gasteiger charge is -2.36. The second-order valence-corrected chi connectivity index (χ2v) is 12.6. The summed E-state index contributed by atoms with van der Waals surface area (Å²) < 4.78 is 28.4. The molecule has 1 aromatic carbocycles. The maximum Gasteiger partial charge on any atom is 0.338 e. The number of amides is 1. The van der Waals surface area contributed by atoms with Crippen molar-refractivity contribution in [2.75, 3.05) is 31.7 Å². The zero-order chi connectivity index (χ0) is 32.9. The van der Waals surface area contributed by atoms with Gasteiger partial charge in [-0.2, -0.15) is 4.98 Å². The van der Waals surface area contributed by atoms with Crippen molar-refractivity contribution in [2.45, 2.75) is 79.3 Å². The first-order chi connectivity index (χ1) is 21.5. The van der Waals surface area contributed by atoms with Gasteiger partial charge in [0.1, 0.15) is 18.7 Å². The van der Waals surface area contributed by atoms with Crippen LogP contribution in [0.3, 0.4) is 0 Å². The van der Waals surface area contributed by atoms with Crippen molar-refractivity contribution in [2.24, 2.45) is 5.92 Å². The van der Waals surface area contributed by atoms with Crippen molar-refractivity contribution in [1.29, 1.82) is 0 Å². The number of fused-ring (bicyclic) bond motifs is 1. The predicted molar refractivity (Wildman–Crippen MR) is 172 cm³/mol. The zero-order valence-electron chi connectivity index (χ0n) is 27.0. The number of anilines is 1. The van der Waals surface area contributed by atoms with E-state index in [1.54, 1.807) is 49.0 Å². The van der Waals surface area contributed by atoms with E-state index >= 15 is 0 Å². The smallest absolute Gasteiger partial charge is 0.338 e. The highest BCUT2D eigenvalue weighted by molar-refractivity contribution is 7.44. The van der Waals surface area contributed by atoms with E-state index in [0.29, 0.717) is 23.1 Å². The topological polar surface area (TPSA) is 134 Å². The van der Waals surface area contributed by atoms with Crippen molar-refractivity contribution in [3.05, 3.63) is 59.8 Å². The molecule has 0 saturated heterocycles. The number of carbonyl (C=O) groups excluding carboxylic acids is 2. The van der Waals surface area contributed by atoms with E-state index in [1.807, 2.05) is 13.0 Å². The molecule has 3 aromatic rings. The van der Waals surface area contributed by atoms with Crippen LogP contribution in [-0.2, 0) is 23.3 Å². The maximum absolute atomic E-state index is 12.9. The van der Waals surface area contributed by atoms with Gasteiger partial charge in [0.2, 0.25) is 18.4 Å².